The van der Waals surface area contributed by atoms with Crippen molar-refractivity contribution in [1.82, 2.24) is 15.2 Å². The molecule has 0 atom stereocenters. The molecule has 5 nitrogen and oxygen atoms in total. The van der Waals surface area contributed by atoms with Crippen LogP contribution in [0, 0.1) is 0 Å². The second kappa shape index (κ2) is 9.57. The van der Waals surface area contributed by atoms with Crippen LogP contribution in [0.1, 0.15) is 5.56 Å². The molecule has 1 N–H and O–H groups in total. The first-order valence-corrected chi connectivity index (χ1v) is 10.9. The standard InChI is InChI=1S/C16H12Cl2N4OS3/c17-11-5-4-10(7-12(11)18)8-25-16-22-21-15(26-16)20-13(23)9-24-14-3-1-2-6-19-14/h1-7H,8-9H2,(H,20,21,23). The summed E-state index contributed by atoms with van der Waals surface area (Å²) in [4.78, 5) is 16.2. The van der Waals surface area contributed by atoms with E-state index >= 15 is 0 Å². The van der Waals surface area contributed by atoms with Crippen LogP contribution >= 0.6 is 58.1 Å². The van der Waals surface area contributed by atoms with E-state index in [1.54, 1.807) is 12.3 Å². The summed E-state index contributed by atoms with van der Waals surface area (Å²) in [5.41, 5.74) is 1.04. The van der Waals surface area contributed by atoms with Gasteiger partial charge < -0.3 is 0 Å². The molecule has 0 radical (unpaired) electrons. The molecule has 0 unspecified atom stereocenters. The van der Waals surface area contributed by atoms with E-state index in [0.717, 1.165) is 14.9 Å². The average Bonchev–Trinajstić information content (AvgIpc) is 3.09. The normalized spacial score (nSPS) is 10.7. The van der Waals surface area contributed by atoms with Crippen LogP contribution in [0.25, 0.3) is 0 Å². The van der Waals surface area contributed by atoms with Gasteiger partial charge in [0.15, 0.2) is 4.34 Å². The Hall–Kier alpha value is -1.32. The number of halogens is 2. The number of amides is 1. The van der Waals surface area contributed by atoms with Crippen LogP contribution in [0.2, 0.25) is 10.0 Å². The fourth-order valence-corrected chi connectivity index (χ4v) is 4.51. The molecule has 26 heavy (non-hydrogen) atoms. The number of rotatable bonds is 7. The minimum Gasteiger partial charge on any atom is -0.300 e. The van der Waals surface area contributed by atoms with E-state index in [-0.39, 0.29) is 11.7 Å². The highest BCUT2D eigenvalue weighted by atomic mass is 35.5. The van der Waals surface area contributed by atoms with Crippen LogP contribution in [0.5, 0.6) is 0 Å². The number of nitrogens with one attached hydrogen (secondary N) is 1. The van der Waals surface area contributed by atoms with E-state index in [2.05, 4.69) is 20.5 Å². The molecule has 0 aliphatic rings. The molecule has 1 aromatic carbocycles. The lowest BCUT2D eigenvalue weighted by molar-refractivity contribution is -0.113. The molecule has 134 valence electrons. The van der Waals surface area contributed by atoms with Gasteiger partial charge in [0, 0.05) is 11.9 Å². The van der Waals surface area contributed by atoms with Gasteiger partial charge in [-0.2, -0.15) is 0 Å². The van der Waals surface area contributed by atoms with Gasteiger partial charge in [0.1, 0.15) is 0 Å². The number of aromatic nitrogens is 3. The van der Waals surface area contributed by atoms with Gasteiger partial charge in [0.25, 0.3) is 0 Å². The lowest BCUT2D eigenvalue weighted by Gasteiger charge is -2.01. The van der Waals surface area contributed by atoms with E-state index < -0.39 is 0 Å². The SMILES string of the molecule is O=C(CSc1ccccn1)Nc1nnc(SCc2ccc(Cl)c(Cl)c2)s1. The molecular weight excluding hydrogens is 431 g/mol. The monoisotopic (exact) mass is 442 g/mol. The first-order valence-electron chi connectivity index (χ1n) is 7.34. The second-order valence-corrected chi connectivity index (χ2v) is 8.93. The first-order chi connectivity index (χ1) is 12.6. The van der Waals surface area contributed by atoms with Crippen molar-refractivity contribution in [3.63, 3.8) is 0 Å². The third kappa shape index (κ3) is 5.85. The Balaban J connectivity index is 1.48. The maximum atomic E-state index is 12.0. The third-order valence-corrected chi connectivity index (χ3v) is 6.71. The number of thioether (sulfide) groups is 2. The number of pyridine rings is 1. The van der Waals surface area contributed by atoms with Crippen molar-refractivity contribution in [2.24, 2.45) is 0 Å². The van der Waals surface area contributed by atoms with E-state index in [9.17, 15) is 4.79 Å². The lowest BCUT2D eigenvalue weighted by Crippen LogP contribution is -2.13. The quantitative estimate of drug-likeness (QED) is 0.397. The third-order valence-electron chi connectivity index (χ3n) is 2.99. The highest BCUT2D eigenvalue weighted by molar-refractivity contribution is 8.00. The molecular formula is C16H12Cl2N4OS3. The average molecular weight is 443 g/mol. The van der Waals surface area contributed by atoms with Crippen molar-refractivity contribution in [3.8, 4) is 0 Å². The zero-order chi connectivity index (χ0) is 18.4. The van der Waals surface area contributed by atoms with Crippen LogP contribution in [-0.2, 0) is 10.5 Å². The molecule has 0 bridgehead atoms. The second-order valence-electron chi connectivity index (χ2n) is 4.92. The van der Waals surface area contributed by atoms with Crippen molar-refractivity contribution < 1.29 is 4.79 Å². The molecule has 3 rings (SSSR count). The molecule has 3 aromatic rings. The molecule has 2 aromatic heterocycles. The summed E-state index contributed by atoms with van der Waals surface area (Å²) in [6.45, 7) is 0. The Morgan fingerprint density at radius 1 is 1.12 bits per heavy atom. The number of hydrogen-bond donors (Lipinski definition) is 1. The van der Waals surface area contributed by atoms with Gasteiger partial charge in [0.2, 0.25) is 11.0 Å². The van der Waals surface area contributed by atoms with Crippen LogP contribution in [-0.4, -0.2) is 26.8 Å². The highest BCUT2D eigenvalue weighted by Gasteiger charge is 2.10. The van der Waals surface area contributed by atoms with E-state index in [0.29, 0.717) is 20.9 Å². The van der Waals surface area contributed by atoms with E-state index in [4.69, 9.17) is 23.2 Å². The van der Waals surface area contributed by atoms with Crippen molar-refractivity contribution in [2.75, 3.05) is 11.1 Å². The van der Waals surface area contributed by atoms with Crippen LogP contribution in [0.3, 0.4) is 0 Å². The molecule has 0 saturated carbocycles. The lowest BCUT2D eigenvalue weighted by atomic mass is 10.2. The Bertz CT molecular complexity index is 892. The molecule has 0 aliphatic heterocycles. The minimum atomic E-state index is -0.141. The first kappa shape index (κ1) is 19.4. The van der Waals surface area contributed by atoms with Gasteiger partial charge >= 0.3 is 0 Å². The summed E-state index contributed by atoms with van der Waals surface area (Å²) in [5, 5.41) is 13.2. The Morgan fingerprint density at radius 2 is 2.00 bits per heavy atom. The van der Waals surface area contributed by atoms with Crippen molar-refractivity contribution in [3.05, 3.63) is 58.2 Å². The summed E-state index contributed by atoms with van der Waals surface area (Å²) >= 11 is 16.1. The zero-order valence-corrected chi connectivity index (χ0v) is 17.1. The number of nitrogens with zero attached hydrogens (tertiary/aromatic N) is 3. The molecule has 2 heterocycles. The number of anilines is 1. The number of benzene rings is 1. The van der Waals surface area contributed by atoms with Gasteiger partial charge in [-0.25, -0.2) is 4.98 Å². The van der Waals surface area contributed by atoms with E-state index in [1.165, 1.54) is 34.9 Å². The maximum Gasteiger partial charge on any atom is 0.236 e. The summed E-state index contributed by atoms with van der Waals surface area (Å²) in [7, 11) is 0. The molecule has 1 amide bonds. The molecule has 0 saturated heterocycles. The van der Waals surface area contributed by atoms with Crippen LogP contribution in [0.4, 0.5) is 5.13 Å². The Labute approximate surface area is 172 Å². The zero-order valence-electron chi connectivity index (χ0n) is 13.2. The predicted octanol–water partition coefficient (Wildman–Crippen LogP) is 5.26. The highest BCUT2D eigenvalue weighted by Crippen LogP contribution is 2.30. The Morgan fingerprint density at radius 3 is 2.77 bits per heavy atom. The number of carbonyl (C=O) groups is 1. The summed E-state index contributed by atoms with van der Waals surface area (Å²) in [6.07, 6.45) is 1.70. The van der Waals surface area contributed by atoms with Crippen molar-refractivity contribution in [1.29, 1.82) is 0 Å². The van der Waals surface area contributed by atoms with Crippen molar-refractivity contribution in [2.45, 2.75) is 15.1 Å². The number of hydrogen-bond acceptors (Lipinski definition) is 7. The van der Waals surface area contributed by atoms with Gasteiger partial charge in [0.05, 0.1) is 20.8 Å². The summed E-state index contributed by atoms with van der Waals surface area (Å²) < 4.78 is 0.767. The van der Waals surface area contributed by atoms with Gasteiger partial charge in [-0.3, -0.25) is 10.1 Å². The fraction of sp³-hybridized carbons (Fsp3) is 0.125. The molecule has 0 fully saturated rings. The molecule has 0 aliphatic carbocycles. The van der Waals surface area contributed by atoms with Crippen molar-refractivity contribution >= 4 is 69.1 Å². The van der Waals surface area contributed by atoms with Gasteiger partial charge in [-0.1, -0.05) is 70.2 Å². The molecule has 10 heteroatoms. The van der Waals surface area contributed by atoms with E-state index in [1.807, 2.05) is 30.3 Å². The Kier molecular flexibility index (Phi) is 7.15. The smallest absolute Gasteiger partial charge is 0.236 e. The van der Waals surface area contributed by atoms with Gasteiger partial charge in [-0.05, 0) is 29.8 Å². The largest absolute Gasteiger partial charge is 0.300 e. The topological polar surface area (TPSA) is 67.8 Å². The minimum absolute atomic E-state index is 0.141. The van der Waals surface area contributed by atoms with Crippen LogP contribution < -0.4 is 5.32 Å². The molecule has 0 spiro atoms. The predicted molar refractivity (Wildman–Crippen MR) is 110 cm³/mol. The van der Waals surface area contributed by atoms with Gasteiger partial charge in [-0.15, -0.1) is 10.2 Å². The fourth-order valence-electron chi connectivity index (χ4n) is 1.82. The summed E-state index contributed by atoms with van der Waals surface area (Å²) in [6, 6.07) is 11.1. The van der Waals surface area contributed by atoms with Crippen LogP contribution in [0.15, 0.2) is 52.0 Å². The number of carbonyl (C=O) groups excluding carboxylic acids is 1. The maximum absolute atomic E-state index is 12.0. The summed E-state index contributed by atoms with van der Waals surface area (Å²) in [5.74, 6) is 0.815.